The molecule has 4 nitrogen and oxygen atoms in total. The Morgan fingerprint density at radius 3 is 1.26 bits per heavy atom. The van der Waals surface area contributed by atoms with Gasteiger partial charge in [0.05, 0.1) is 13.2 Å². The third-order valence-corrected chi connectivity index (χ3v) is 2.81. The predicted octanol–water partition coefficient (Wildman–Crippen LogP) is 6.17. The van der Waals surface area contributed by atoms with Crippen LogP contribution in [0.2, 0.25) is 0 Å². The van der Waals surface area contributed by atoms with Crippen molar-refractivity contribution in [2.24, 2.45) is 0 Å². The van der Waals surface area contributed by atoms with E-state index in [1.165, 1.54) is 0 Å². The van der Waals surface area contributed by atoms with Crippen LogP contribution in [0.4, 0.5) is 0 Å². The third-order valence-electron chi connectivity index (χ3n) is 2.81. The number of hydrogen-bond donors (Lipinski definition) is 0. The van der Waals surface area contributed by atoms with Gasteiger partial charge in [-0.2, -0.15) is 0 Å². The van der Waals surface area contributed by atoms with Gasteiger partial charge in [-0.3, -0.25) is 9.59 Å². The van der Waals surface area contributed by atoms with Crippen LogP contribution >= 0.6 is 0 Å². The second-order valence-electron chi connectivity index (χ2n) is 4.74. The highest BCUT2D eigenvalue weighted by molar-refractivity contribution is 5.91. The summed E-state index contributed by atoms with van der Waals surface area (Å²) in [5.74, 6) is -0.954. The molecule has 144 valence electrons. The molecule has 0 spiro atoms. The molecule has 0 bridgehead atoms. The van der Waals surface area contributed by atoms with Gasteiger partial charge in [0.15, 0.2) is 0 Å². The van der Waals surface area contributed by atoms with Crippen molar-refractivity contribution in [2.45, 2.75) is 101 Å². The van der Waals surface area contributed by atoms with E-state index in [0.717, 1.165) is 51.4 Å². The van der Waals surface area contributed by atoms with Gasteiger partial charge in [0, 0.05) is 0 Å². The molecule has 23 heavy (non-hydrogen) atoms. The van der Waals surface area contributed by atoms with Crippen molar-refractivity contribution in [3.63, 3.8) is 0 Å². The molecule has 0 rings (SSSR count). The minimum atomic E-state index is -0.477. The zero-order chi connectivity index (χ0) is 14.3. The molecule has 4 heteroatoms. The van der Waals surface area contributed by atoms with Gasteiger partial charge in [-0.25, -0.2) is 0 Å². The lowest BCUT2D eigenvalue weighted by atomic mass is 10.2. The summed E-state index contributed by atoms with van der Waals surface area (Å²) < 4.78 is 9.93. The lowest BCUT2D eigenvalue weighted by molar-refractivity contribution is -0.154. The van der Waals surface area contributed by atoms with Crippen LogP contribution in [0.5, 0.6) is 0 Å². The maximum Gasteiger partial charge on any atom is 0.317 e. The highest BCUT2D eigenvalue weighted by atomic mass is 16.6. The van der Waals surface area contributed by atoms with E-state index in [-0.39, 0.29) is 36.1 Å². The van der Waals surface area contributed by atoms with E-state index in [9.17, 15) is 9.59 Å². The molecule has 0 saturated heterocycles. The fourth-order valence-corrected chi connectivity index (χ4v) is 1.65. The minimum Gasteiger partial charge on any atom is -0.465 e. The summed E-state index contributed by atoms with van der Waals surface area (Å²) in [6.07, 6.45) is 8.20. The second kappa shape index (κ2) is 25.9. The lowest BCUT2D eigenvalue weighted by Crippen LogP contribution is -2.15. The molecule has 0 N–H and O–H groups in total. The number of hydrogen-bond acceptors (Lipinski definition) is 4. The van der Waals surface area contributed by atoms with Crippen LogP contribution in [0, 0.1) is 0 Å². The van der Waals surface area contributed by atoms with E-state index in [2.05, 4.69) is 13.8 Å². The first-order valence-corrected chi connectivity index (χ1v) is 7.52. The van der Waals surface area contributed by atoms with E-state index in [0.29, 0.717) is 13.2 Å². The summed E-state index contributed by atoms with van der Waals surface area (Å²) in [6, 6.07) is 0. The Morgan fingerprint density at radius 1 is 0.609 bits per heavy atom. The van der Waals surface area contributed by atoms with Crippen molar-refractivity contribution in [3.8, 4) is 0 Å². The van der Waals surface area contributed by atoms with Gasteiger partial charge in [0.2, 0.25) is 0 Å². The van der Waals surface area contributed by atoms with Gasteiger partial charge in [0.25, 0.3) is 0 Å². The van der Waals surface area contributed by atoms with Crippen LogP contribution in [-0.2, 0) is 19.1 Å². The smallest absolute Gasteiger partial charge is 0.317 e. The van der Waals surface area contributed by atoms with E-state index >= 15 is 0 Å². The number of esters is 2. The van der Waals surface area contributed by atoms with Gasteiger partial charge in [-0.05, 0) is 12.8 Å². The van der Waals surface area contributed by atoms with Crippen molar-refractivity contribution < 1.29 is 19.1 Å². The standard InChI is InChI=1S/C15H28O4.4CH4/c1-3-5-7-9-11-18-14(16)13-15(17)19-12-10-8-6-4-2;;;;/h3-13H2,1-2H3;4*1H4. The maximum atomic E-state index is 11.3. The number of unbranched alkanes of at least 4 members (excludes halogenated alkanes) is 6. The molecule has 0 amide bonds. The SMILES string of the molecule is C.C.C.C.CCCCCCOC(=O)CC(=O)OCCCCCC. The Kier molecular flexibility index (Phi) is 37.7. The minimum absolute atomic E-state index is 0. The van der Waals surface area contributed by atoms with Crippen LogP contribution in [-0.4, -0.2) is 25.2 Å². The topological polar surface area (TPSA) is 52.6 Å². The first kappa shape index (κ1) is 33.5. The predicted molar refractivity (Wildman–Crippen MR) is 102 cm³/mol. The van der Waals surface area contributed by atoms with Crippen LogP contribution < -0.4 is 0 Å². The Bertz CT molecular complexity index is 216. The van der Waals surface area contributed by atoms with Crippen molar-refractivity contribution >= 4 is 11.9 Å². The molecule has 0 aromatic heterocycles. The molecular formula is C19H44O4. The number of ether oxygens (including phenoxy) is 2. The first-order valence-electron chi connectivity index (χ1n) is 7.52. The Hall–Kier alpha value is -1.06. The molecule has 0 radical (unpaired) electrons. The summed E-state index contributed by atoms with van der Waals surface area (Å²) in [6.45, 7) is 5.07. The number of carbonyl (C=O) groups excluding carboxylic acids is 2. The van der Waals surface area contributed by atoms with Crippen LogP contribution in [0.3, 0.4) is 0 Å². The molecule has 0 aromatic carbocycles. The van der Waals surface area contributed by atoms with E-state index < -0.39 is 11.9 Å². The van der Waals surface area contributed by atoms with Gasteiger partial charge >= 0.3 is 11.9 Å². The largest absolute Gasteiger partial charge is 0.465 e. The molecule has 0 heterocycles. The van der Waals surface area contributed by atoms with Crippen LogP contribution in [0.1, 0.15) is 101 Å². The summed E-state index contributed by atoms with van der Waals surface area (Å²) >= 11 is 0. The summed E-state index contributed by atoms with van der Waals surface area (Å²) in [7, 11) is 0. The van der Waals surface area contributed by atoms with Crippen LogP contribution in [0.15, 0.2) is 0 Å². The second-order valence-corrected chi connectivity index (χ2v) is 4.74. The van der Waals surface area contributed by atoms with Gasteiger partial charge in [0.1, 0.15) is 6.42 Å². The zero-order valence-corrected chi connectivity index (χ0v) is 12.4. The highest BCUT2D eigenvalue weighted by Crippen LogP contribution is 2.02. The highest BCUT2D eigenvalue weighted by Gasteiger charge is 2.11. The van der Waals surface area contributed by atoms with Gasteiger partial charge in [-0.1, -0.05) is 82.1 Å². The monoisotopic (exact) mass is 336 g/mol. The van der Waals surface area contributed by atoms with Crippen molar-refractivity contribution in [1.29, 1.82) is 0 Å². The fourth-order valence-electron chi connectivity index (χ4n) is 1.65. The maximum absolute atomic E-state index is 11.3. The molecule has 0 aromatic rings. The van der Waals surface area contributed by atoms with Crippen molar-refractivity contribution in [1.82, 2.24) is 0 Å². The molecule has 0 saturated carbocycles. The normalized spacial score (nSPS) is 8.43. The molecule has 0 aliphatic rings. The van der Waals surface area contributed by atoms with Gasteiger partial charge in [-0.15, -0.1) is 0 Å². The average Bonchev–Trinajstić information content (AvgIpc) is 2.38. The Balaban J connectivity index is -0.000000270. The summed E-state index contributed by atoms with van der Waals surface area (Å²) in [5.41, 5.74) is 0. The molecule has 0 unspecified atom stereocenters. The van der Waals surface area contributed by atoms with Crippen molar-refractivity contribution in [2.75, 3.05) is 13.2 Å². The van der Waals surface area contributed by atoms with E-state index in [1.54, 1.807) is 0 Å². The molecule has 0 aliphatic carbocycles. The molecule has 0 atom stereocenters. The van der Waals surface area contributed by atoms with E-state index in [4.69, 9.17) is 9.47 Å². The average molecular weight is 337 g/mol. The zero-order valence-electron chi connectivity index (χ0n) is 12.4. The summed E-state index contributed by atoms with van der Waals surface area (Å²) in [4.78, 5) is 22.6. The molecular weight excluding hydrogens is 292 g/mol. The number of rotatable bonds is 12. The summed E-state index contributed by atoms with van der Waals surface area (Å²) in [5, 5.41) is 0. The van der Waals surface area contributed by atoms with Crippen molar-refractivity contribution in [3.05, 3.63) is 0 Å². The quantitative estimate of drug-likeness (QED) is 0.243. The third kappa shape index (κ3) is 26.2. The molecule has 0 aliphatic heterocycles. The lowest BCUT2D eigenvalue weighted by Gasteiger charge is -2.05. The molecule has 0 fully saturated rings. The van der Waals surface area contributed by atoms with E-state index in [1.807, 2.05) is 0 Å². The first-order chi connectivity index (χ1) is 9.20. The van der Waals surface area contributed by atoms with Crippen LogP contribution in [0.25, 0.3) is 0 Å². The Labute approximate surface area is 146 Å². The Morgan fingerprint density at radius 2 is 0.957 bits per heavy atom. The fraction of sp³-hybridized carbons (Fsp3) is 0.895. The number of carbonyl (C=O) groups is 2. The van der Waals surface area contributed by atoms with Gasteiger partial charge < -0.3 is 9.47 Å².